The number of anilines is 1. The average molecular weight is 349 g/mol. The monoisotopic (exact) mass is 349 g/mol. The average Bonchev–Trinajstić information content (AvgIpc) is 2.87. The van der Waals surface area contributed by atoms with Gasteiger partial charge in [-0.15, -0.1) is 11.3 Å². The van der Waals surface area contributed by atoms with Crippen LogP contribution < -0.4 is 10.6 Å². The number of aryl methyl sites for hydroxylation is 1. The molecule has 0 radical (unpaired) electrons. The molecule has 1 aromatic heterocycles. The molecule has 0 bridgehead atoms. The van der Waals surface area contributed by atoms with Crippen LogP contribution in [0.1, 0.15) is 35.9 Å². The lowest BCUT2D eigenvalue weighted by molar-refractivity contribution is -0.124. The van der Waals surface area contributed by atoms with Crippen molar-refractivity contribution in [2.24, 2.45) is 0 Å². The molecule has 0 fully saturated rings. The summed E-state index contributed by atoms with van der Waals surface area (Å²) in [5.74, 6) is -0.636. The third kappa shape index (κ3) is 5.42. The van der Waals surface area contributed by atoms with Crippen LogP contribution in [0, 0.1) is 12.7 Å². The van der Waals surface area contributed by atoms with Gasteiger partial charge in [0.1, 0.15) is 5.82 Å². The standard InChI is InChI=1S/C17H20FN3O2S/c1-3-19-15(22)8-9-16(23)21-17-20-11(2)14(24-17)10-12-4-6-13(18)7-5-12/h4-7H,3,8-10H2,1-2H3,(H,19,22)(H,20,21,23). The van der Waals surface area contributed by atoms with Crippen molar-refractivity contribution in [1.82, 2.24) is 10.3 Å². The number of hydrogen-bond donors (Lipinski definition) is 2. The maximum absolute atomic E-state index is 12.9. The molecule has 24 heavy (non-hydrogen) atoms. The minimum atomic E-state index is -0.264. The summed E-state index contributed by atoms with van der Waals surface area (Å²) in [6.07, 6.45) is 0.919. The number of amides is 2. The third-order valence-electron chi connectivity index (χ3n) is 3.37. The highest BCUT2D eigenvalue weighted by Crippen LogP contribution is 2.25. The Hall–Kier alpha value is -2.28. The molecule has 0 spiro atoms. The first-order chi connectivity index (χ1) is 11.5. The van der Waals surface area contributed by atoms with E-state index in [2.05, 4.69) is 15.6 Å². The molecule has 0 saturated heterocycles. The molecule has 2 aromatic rings. The van der Waals surface area contributed by atoms with Gasteiger partial charge in [0, 0.05) is 30.7 Å². The maximum Gasteiger partial charge on any atom is 0.226 e. The van der Waals surface area contributed by atoms with E-state index in [1.807, 2.05) is 13.8 Å². The molecule has 1 heterocycles. The molecule has 128 valence electrons. The van der Waals surface area contributed by atoms with Crippen LogP contribution in [0.2, 0.25) is 0 Å². The summed E-state index contributed by atoms with van der Waals surface area (Å²) in [7, 11) is 0. The SMILES string of the molecule is CCNC(=O)CCC(=O)Nc1nc(C)c(Cc2ccc(F)cc2)s1. The molecule has 0 saturated carbocycles. The molecule has 0 aliphatic rings. The van der Waals surface area contributed by atoms with E-state index in [4.69, 9.17) is 0 Å². The summed E-state index contributed by atoms with van der Waals surface area (Å²) in [5, 5.41) is 5.89. The molecule has 2 amide bonds. The van der Waals surface area contributed by atoms with Gasteiger partial charge in [0.05, 0.1) is 5.69 Å². The first kappa shape index (κ1) is 18.1. The molecule has 7 heteroatoms. The lowest BCUT2D eigenvalue weighted by Gasteiger charge is -2.02. The van der Waals surface area contributed by atoms with E-state index >= 15 is 0 Å². The number of thiazole rings is 1. The second-order valence-corrected chi connectivity index (χ2v) is 6.42. The Morgan fingerprint density at radius 1 is 1.17 bits per heavy atom. The van der Waals surface area contributed by atoms with E-state index in [1.165, 1.54) is 23.5 Å². The van der Waals surface area contributed by atoms with Gasteiger partial charge in [-0.25, -0.2) is 9.37 Å². The normalized spacial score (nSPS) is 10.5. The Kier molecular flexibility index (Phi) is 6.43. The zero-order chi connectivity index (χ0) is 17.5. The quantitative estimate of drug-likeness (QED) is 0.807. The van der Waals surface area contributed by atoms with Crippen molar-refractivity contribution in [3.63, 3.8) is 0 Å². The van der Waals surface area contributed by atoms with Gasteiger partial charge < -0.3 is 10.6 Å². The van der Waals surface area contributed by atoms with Crippen LogP contribution in [-0.4, -0.2) is 23.3 Å². The second-order valence-electron chi connectivity index (χ2n) is 5.33. The highest BCUT2D eigenvalue weighted by Gasteiger charge is 2.12. The number of carbonyl (C=O) groups excluding carboxylic acids is 2. The van der Waals surface area contributed by atoms with Gasteiger partial charge >= 0.3 is 0 Å². The lowest BCUT2D eigenvalue weighted by Crippen LogP contribution is -2.24. The third-order valence-corrected chi connectivity index (χ3v) is 4.44. The number of rotatable bonds is 7. The van der Waals surface area contributed by atoms with Crippen LogP contribution in [-0.2, 0) is 16.0 Å². The Morgan fingerprint density at radius 2 is 1.83 bits per heavy atom. The Bertz CT molecular complexity index is 713. The van der Waals surface area contributed by atoms with Crippen molar-refractivity contribution in [3.8, 4) is 0 Å². The van der Waals surface area contributed by atoms with Gasteiger partial charge in [-0.1, -0.05) is 12.1 Å². The van der Waals surface area contributed by atoms with Crippen LogP contribution in [0.3, 0.4) is 0 Å². The zero-order valence-corrected chi connectivity index (χ0v) is 14.5. The van der Waals surface area contributed by atoms with Crippen LogP contribution in [0.15, 0.2) is 24.3 Å². The van der Waals surface area contributed by atoms with Crippen LogP contribution in [0.4, 0.5) is 9.52 Å². The van der Waals surface area contributed by atoms with Gasteiger partial charge in [-0.3, -0.25) is 9.59 Å². The Labute approximate surface area is 144 Å². The van der Waals surface area contributed by atoms with Gasteiger partial charge in [0.25, 0.3) is 0 Å². The van der Waals surface area contributed by atoms with Crippen molar-refractivity contribution in [2.75, 3.05) is 11.9 Å². The van der Waals surface area contributed by atoms with Crippen molar-refractivity contribution in [3.05, 3.63) is 46.2 Å². The lowest BCUT2D eigenvalue weighted by atomic mass is 10.1. The van der Waals surface area contributed by atoms with Crippen molar-refractivity contribution in [1.29, 1.82) is 0 Å². The first-order valence-electron chi connectivity index (χ1n) is 7.75. The summed E-state index contributed by atoms with van der Waals surface area (Å²) in [5.41, 5.74) is 1.82. The van der Waals surface area contributed by atoms with E-state index in [1.54, 1.807) is 12.1 Å². The van der Waals surface area contributed by atoms with E-state index in [-0.39, 0.29) is 30.5 Å². The molecular weight excluding hydrogens is 329 g/mol. The minimum absolute atomic E-state index is 0.123. The van der Waals surface area contributed by atoms with Crippen LogP contribution in [0.25, 0.3) is 0 Å². The van der Waals surface area contributed by atoms with E-state index in [0.29, 0.717) is 18.1 Å². The van der Waals surface area contributed by atoms with Crippen molar-refractivity contribution < 1.29 is 14.0 Å². The molecule has 0 atom stereocenters. The van der Waals surface area contributed by atoms with Gasteiger partial charge in [0.2, 0.25) is 11.8 Å². The fourth-order valence-corrected chi connectivity index (χ4v) is 3.14. The molecule has 1 aromatic carbocycles. The molecule has 2 N–H and O–H groups in total. The van der Waals surface area contributed by atoms with Crippen LogP contribution in [0.5, 0.6) is 0 Å². The number of halogens is 1. The maximum atomic E-state index is 12.9. The topological polar surface area (TPSA) is 71.1 Å². The van der Waals surface area contributed by atoms with Gasteiger partial charge in [-0.2, -0.15) is 0 Å². The van der Waals surface area contributed by atoms with E-state index in [9.17, 15) is 14.0 Å². The summed E-state index contributed by atoms with van der Waals surface area (Å²) < 4.78 is 12.9. The summed E-state index contributed by atoms with van der Waals surface area (Å²) in [6, 6.07) is 6.32. The molecular formula is C17H20FN3O2S. The Morgan fingerprint density at radius 3 is 2.50 bits per heavy atom. The summed E-state index contributed by atoms with van der Waals surface area (Å²) >= 11 is 1.39. The molecule has 2 rings (SSSR count). The van der Waals surface area contributed by atoms with E-state index < -0.39 is 0 Å². The fraction of sp³-hybridized carbons (Fsp3) is 0.353. The smallest absolute Gasteiger partial charge is 0.226 e. The highest BCUT2D eigenvalue weighted by atomic mass is 32.1. The number of nitrogens with zero attached hydrogens (tertiary/aromatic N) is 1. The molecule has 0 aliphatic heterocycles. The number of aromatic nitrogens is 1. The first-order valence-corrected chi connectivity index (χ1v) is 8.57. The van der Waals surface area contributed by atoms with Gasteiger partial charge in [-0.05, 0) is 31.5 Å². The number of hydrogen-bond acceptors (Lipinski definition) is 4. The number of carbonyl (C=O) groups is 2. The van der Waals surface area contributed by atoms with Crippen molar-refractivity contribution >= 4 is 28.3 Å². The minimum Gasteiger partial charge on any atom is -0.356 e. The Balaban J connectivity index is 1.92. The molecule has 0 unspecified atom stereocenters. The number of benzene rings is 1. The largest absolute Gasteiger partial charge is 0.356 e. The fourth-order valence-electron chi connectivity index (χ4n) is 2.13. The number of nitrogens with one attached hydrogen (secondary N) is 2. The summed E-state index contributed by atoms with van der Waals surface area (Å²) in [4.78, 5) is 28.6. The molecule has 0 aliphatic carbocycles. The summed E-state index contributed by atoms with van der Waals surface area (Å²) in [6.45, 7) is 4.26. The predicted octanol–water partition coefficient (Wildman–Crippen LogP) is 3.04. The highest BCUT2D eigenvalue weighted by molar-refractivity contribution is 7.15. The zero-order valence-electron chi connectivity index (χ0n) is 13.7. The second kappa shape index (κ2) is 8.54. The predicted molar refractivity (Wildman–Crippen MR) is 92.6 cm³/mol. The van der Waals surface area contributed by atoms with Crippen molar-refractivity contribution in [2.45, 2.75) is 33.1 Å². The van der Waals surface area contributed by atoms with Crippen LogP contribution >= 0.6 is 11.3 Å². The molecule has 5 nitrogen and oxygen atoms in total. The van der Waals surface area contributed by atoms with E-state index in [0.717, 1.165) is 16.1 Å². The van der Waals surface area contributed by atoms with Gasteiger partial charge in [0.15, 0.2) is 5.13 Å².